The van der Waals surface area contributed by atoms with Crippen molar-refractivity contribution in [1.82, 2.24) is 15.0 Å². The molecule has 2 aliphatic heterocycles. The molecule has 2 aromatic heterocycles. The maximum Gasteiger partial charge on any atom is 0.316 e. The normalized spacial score (nSPS) is 14.4. The summed E-state index contributed by atoms with van der Waals surface area (Å²) in [7, 11) is 1.54. The molecule has 9 nitrogen and oxygen atoms in total. The standard InChI is InChI=1S/C27H25N5O4S/c1-34-27-29-15-17(16-30-27)14-28-18-5-6-22-24(11-18)37-23-4-2-3-20(26(23)36-22)21-12-19(13-25(33)31-21)32-7-9-35-10-8-32/h2-6,11-13,15-16,28H,7-10,14H2,1H3,(H,31,33). The van der Waals surface area contributed by atoms with E-state index in [9.17, 15) is 4.79 Å². The first kappa shape index (κ1) is 23.4. The fourth-order valence-corrected chi connectivity index (χ4v) is 5.37. The van der Waals surface area contributed by atoms with E-state index < -0.39 is 0 Å². The van der Waals surface area contributed by atoms with Crippen molar-refractivity contribution in [2.24, 2.45) is 0 Å². The molecule has 0 spiro atoms. The van der Waals surface area contributed by atoms with Crippen LogP contribution in [-0.2, 0) is 11.3 Å². The largest absolute Gasteiger partial charge is 0.467 e. The van der Waals surface area contributed by atoms with Crippen LogP contribution >= 0.6 is 11.8 Å². The molecule has 0 radical (unpaired) electrons. The van der Waals surface area contributed by atoms with Crippen molar-refractivity contribution in [2.45, 2.75) is 16.3 Å². The highest BCUT2D eigenvalue weighted by molar-refractivity contribution is 7.99. The molecule has 0 atom stereocenters. The summed E-state index contributed by atoms with van der Waals surface area (Å²) < 4.78 is 16.9. The molecule has 0 unspecified atom stereocenters. The van der Waals surface area contributed by atoms with E-state index in [1.165, 1.54) is 0 Å². The third-order valence-corrected chi connectivity index (χ3v) is 7.29. The van der Waals surface area contributed by atoms with Crippen LogP contribution in [0.2, 0.25) is 0 Å². The second-order valence-electron chi connectivity index (χ2n) is 8.65. The Hall–Kier alpha value is -4.02. The zero-order valence-corrected chi connectivity index (χ0v) is 21.0. The van der Waals surface area contributed by atoms with E-state index in [2.05, 4.69) is 31.2 Å². The number of aromatic nitrogens is 3. The van der Waals surface area contributed by atoms with Crippen LogP contribution in [0.4, 0.5) is 11.4 Å². The van der Waals surface area contributed by atoms with E-state index in [0.717, 1.165) is 62.6 Å². The highest BCUT2D eigenvalue weighted by Gasteiger charge is 2.23. The predicted octanol–water partition coefficient (Wildman–Crippen LogP) is 4.55. The van der Waals surface area contributed by atoms with Crippen molar-refractivity contribution in [3.63, 3.8) is 0 Å². The predicted molar refractivity (Wildman–Crippen MR) is 142 cm³/mol. The first-order valence-corrected chi connectivity index (χ1v) is 12.8. The smallest absolute Gasteiger partial charge is 0.316 e. The molecule has 2 N–H and O–H groups in total. The van der Waals surface area contributed by atoms with Crippen molar-refractivity contribution in [1.29, 1.82) is 0 Å². The van der Waals surface area contributed by atoms with Gasteiger partial charge in [-0.3, -0.25) is 4.79 Å². The van der Waals surface area contributed by atoms with Crippen molar-refractivity contribution in [3.8, 4) is 28.8 Å². The molecule has 2 aliphatic rings. The number of aromatic amines is 1. The molecule has 37 heavy (non-hydrogen) atoms. The molecular formula is C27H25N5O4S. The van der Waals surface area contributed by atoms with Gasteiger partial charge < -0.3 is 29.4 Å². The number of hydrogen-bond acceptors (Lipinski definition) is 9. The minimum Gasteiger partial charge on any atom is -0.467 e. The summed E-state index contributed by atoms with van der Waals surface area (Å²) in [4.78, 5) is 28.0. The topological polar surface area (TPSA) is 102 Å². The summed E-state index contributed by atoms with van der Waals surface area (Å²) in [6.07, 6.45) is 3.48. The molecule has 1 fully saturated rings. The lowest BCUT2D eigenvalue weighted by molar-refractivity contribution is 0.122. The number of rotatable bonds is 6. The quantitative estimate of drug-likeness (QED) is 0.337. The Labute approximate surface area is 217 Å². The highest BCUT2D eigenvalue weighted by atomic mass is 32.2. The fraction of sp³-hybridized carbons (Fsp3) is 0.222. The van der Waals surface area contributed by atoms with Gasteiger partial charge in [0, 0.05) is 60.6 Å². The van der Waals surface area contributed by atoms with Gasteiger partial charge in [-0.15, -0.1) is 0 Å². The zero-order valence-electron chi connectivity index (χ0n) is 20.2. The molecule has 4 aromatic rings. The number of anilines is 2. The van der Waals surface area contributed by atoms with Gasteiger partial charge in [-0.1, -0.05) is 17.8 Å². The van der Waals surface area contributed by atoms with Gasteiger partial charge in [-0.25, -0.2) is 9.97 Å². The maximum absolute atomic E-state index is 12.5. The van der Waals surface area contributed by atoms with E-state index >= 15 is 0 Å². The van der Waals surface area contributed by atoms with Gasteiger partial charge in [0.1, 0.15) is 5.75 Å². The average molecular weight is 516 g/mol. The third kappa shape index (κ3) is 4.98. The molecule has 10 heteroatoms. The van der Waals surface area contributed by atoms with Crippen LogP contribution in [0.15, 0.2) is 75.5 Å². The minimum absolute atomic E-state index is 0.140. The molecule has 0 saturated carbocycles. The second kappa shape index (κ2) is 10.2. The molecule has 1 saturated heterocycles. The van der Waals surface area contributed by atoms with Gasteiger partial charge in [0.05, 0.1) is 35.8 Å². The summed E-state index contributed by atoms with van der Waals surface area (Å²) in [6.45, 7) is 3.42. The Morgan fingerprint density at radius 3 is 2.73 bits per heavy atom. The van der Waals surface area contributed by atoms with E-state index in [1.807, 2.05) is 36.4 Å². The molecule has 188 valence electrons. The van der Waals surface area contributed by atoms with Gasteiger partial charge in [0.25, 0.3) is 0 Å². The number of fused-ring (bicyclic) bond motifs is 2. The number of benzene rings is 2. The Morgan fingerprint density at radius 2 is 1.92 bits per heavy atom. The zero-order chi connectivity index (χ0) is 25.2. The maximum atomic E-state index is 12.5. The van der Waals surface area contributed by atoms with Crippen LogP contribution in [0, 0.1) is 0 Å². The van der Waals surface area contributed by atoms with Crippen molar-refractivity contribution < 1.29 is 14.2 Å². The summed E-state index contributed by atoms with van der Waals surface area (Å²) in [5.41, 5.74) is 4.25. The molecular weight excluding hydrogens is 490 g/mol. The summed E-state index contributed by atoms with van der Waals surface area (Å²) >= 11 is 1.64. The van der Waals surface area contributed by atoms with Crippen LogP contribution < -0.4 is 25.2 Å². The number of methoxy groups -OCH3 is 1. The van der Waals surface area contributed by atoms with Gasteiger partial charge >= 0.3 is 6.01 Å². The first-order valence-electron chi connectivity index (χ1n) is 12.0. The fourth-order valence-electron chi connectivity index (χ4n) is 4.35. The Balaban J connectivity index is 1.24. The lowest BCUT2D eigenvalue weighted by Crippen LogP contribution is -2.36. The van der Waals surface area contributed by atoms with Gasteiger partial charge in [0.2, 0.25) is 5.56 Å². The third-order valence-electron chi connectivity index (χ3n) is 6.21. The molecule has 0 bridgehead atoms. The van der Waals surface area contributed by atoms with Gasteiger partial charge in [-0.05, 0) is 36.4 Å². The molecule has 0 amide bonds. The number of morpholine rings is 1. The van der Waals surface area contributed by atoms with E-state index in [1.54, 1.807) is 37.3 Å². The number of H-pyrrole nitrogens is 1. The SMILES string of the molecule is COc1ncc(CNc2ccc3c(c2)Sc2cccc(-c4cc(N5CCOCC5)cc(=O)[nH]4)c2O3)cn1. The van der Waals surface area contributed by atoms with Crippen LogP contribution in [0.25, 0.3) is 11.3 Å². The molecule has 0 aliphatic carbocycles. The van der Waals surface area contributed by atoms with Crippen molar-refractivity contribution in [3.05, 3.63) is 76.8 Å². The van der Waals surface area contributed by atoms with Crippen molar-refractivity contribution >= 4 is 23.1 Å². The minimum atomic E-state index is -0.140. The van der Waals surface area contributed by atoms with Crippen molar-refractivity contribution in [2.75, 3.05) is 43.6 Å². The van der Waals surface area contributed by atoms with E-state index in [0.29, 0.717) is 25.8 Å². The van der Waals surface area contributed by atoms with Crippen LogP contribution in [0.3, 0.4) is 0 Å². The summed E-state index contributed by atoms with van der Waals surface area (Å²) in [5.74, 6) is 1.51. The number of para-hydroxylation sites is 1. The van der Waals surface area contributed by atoms with E-state index in [4.69, 9.17) is 14.2 Å². The Morgan fingerprint density at radius 1 is 1.08 bits per heavy atom. The Bertz CT molecular complexity index is 1490. The Kier molecular flexibility index (Phi) is 6.42. The average Bonchev–Trinajstić information content (AvgIpc) is 2.95. The first-order chi connectivity index (χ1) is 18.2. The molecule has 6 rings (SSSR count). The number of pyridine rings is 1. The lowest BCUT2D eigenvalue weighted by atomic mass is 10.1. The van der Waals surface area contributed by atoms with Crippen LogP contribution in [-0.4, -0.2) is 48.4 Å². The number of nitrogens with one attached hydrogen (secondary N) is 2. The van der Waals surface area contributed by atoms with Gasteiger partial charge in [0.15, 0.2) is 5.75 Å². The second-order valence-corrected chi connectivity index (χ2v) is 9.73. The van der Waals surface area contributed by atoms with Gasteiger partial charge in [-0.2, -0.15) is 0 Å². The van der Waals surface area contributed by atoms with Crippen LogP contribution in [0.1, 0.15) is 5.56 Å². The monoisotopic (exact) mass is 515 g/mol. The molecule has 4 heterocycles. The highest BCUT2D eigenvalue weighted by Crippen LogP contribution is 2.51. The summed E-state index contributed by atoms with van der Waals surface area (Å²) in [6, 6.07) is 16.0. The summed E-state index contributed by atoms with van der Waals surface area (Å²) in [5, 5.41) is 3.41. The van der Waals surface area contributed by atoms with E-state index in [-0.39, 0.29) is 5.56 Å². The lowest BCUT2D eigenvalue weighted by Gasteiger charge is -2.29. The number of hydrogen-bond donors (Lipinski definition) is 2. The molecule has 2 aromatic carbocycles. The van der Waals surface area contributed by atoms with Crippen LogP contribution in [0.5, 0.6) is 17.5 Å². The number of ether oxygens (including phenoxy) is 3. The number of nitrogens with zero attached hydrogens (tertiary/aromatic N) is 3.